The molecule has 0 rings (SSSR count). The van der Waals surface area contributed by atoms with Crippen LogP contribution in [0, 0.1) is 5.92 Å². The van der Waals surface area contributed by atoms with Crippen LogP contribution in [0.1, 0.15) is 40.0 Å². The molecule has 0 radical (unpaired) electrons. The minimum atomic E-state index is -0.0470. The van der Waals surface area contributed by atoms with Gasteiger partial charge in [0.15, 0.2) is 5.96 Å². The van der Waals surface area contributed by atoms with Crippen LogP contribution in [-0.4, -0.2) is 18.0 Å². The van der Waals surface area contributed by atoms with Crippen LogP contribution < -0.4 is 17.2 Å². The Kier molecular flexibility index (Phi) is 10.1. The van der Waals surface area contributed by atoms with Crippen molar-refractivity contribution in [3.63, 3.8) is 0 Å². The second kappa shape index (κ2) is 9.27. The summed E-state index contributed by atoms with van der Waals surface area (Å²) in [5.74, 6) is 0.573. The second-order valence-electron chi connectivity index (χ2n) is 3.98. The lowest BCUT2D eigenvalue weighted by atomic mass is 9.99. The number of guanidine groups is 2. The van der Waals surface area contributed by atoms with Crippen LogP contribution in [0.2, 0.25) is 0 Å². The van der Waals surface area contributed by atoms with Gasteiger partial charge in [-0.1, -0.05) is 33.6 Å². The van der Waals surface area contributed by atoms with Crippen LogP contribution in [0.25, 0.3) is 0 Å². The van der Waals surface area contributed by atoms with Crippen molar-refractivity contribution < 1.29 is 0 Å². The van der Waals surface area contributed by atoms with Gasteiger partial charge >= 0.3 is 0 Å². The van der Waals surface area contributed by atoms with E-state index in [0.29, 0.717) is 5.92 Å². The molecule has 1 atom stereocenters. The topological polar surface area (TPSA) is 103 Å². The van der Waals surface area contributed by atoms with Crippen LogP contribution >= 0.6 is 12.4 Å². The Morgan fingerprint density at radius 3 is 2.12 bits per heavy atom. The molecule has 0 aliphatic rings. The largest absolute Gasteiger partial charge is 0.370 e. The lowest BCUT2D eigenvalue weighted by molar-refractivity contribution is 0.451. The summed E-state index contributed by atoms with van der Waals surface area (Å²) in [4.78, 5) is 8.01. The van der Waals surface area contributed by atoms with E-state index in [1.165, 1.54) is 0 Å². The Morgan fingerprint density at radius 2 is 1.75 bits per heavy atom. The Balaban J connectivity index is 0. The van der Waals surface area contributed by atoms with Crippen LogP contribution in [0.4, 0.5) is 0 Å². The van der Waals surface area contributed by atoms with Crippen molar-refractivity contribution in [1.29, 1.82) is 0 Å². The van der Waals surface area contributed by atoms with Crippen LogP contribution in [0.5, 0.6) is 0 Å². The molecule has 96 valence electrons. The Hall–Kier alpha value is -0.970. The first-order chi connectivity index (χ1) is 6.97. The monoisotopic (exact) mass is 249 g/mol. The number of unbranched alkanes of at least 4 members (excludes halogenated alkanes) is 1. The summed E-state index contributed by atoms with van der Waals surface area (Å²) in [5, 5.41) is 0. The van der Waals surface area contributed by atoms with Gasteiger partial charge in [-0.3, -0.25) is 0 Å². The molecule has 6 N–H and O–H groups in total. The number of halogens is 1. The number of hydrogen-bond donors (Lipinski definition) is 3. The maximum atomic E-state index is 5.59. The Morgan fingerprint density at radius 1 is 1.19 bits per heavy atom. The predicted octanol–water partition coefficient (Wildman–Crippen LogP) is 1.21. The van der Waals surface area contributed by atoms with Gasteiger partial charge in [0.1, 0.15) is 0 Å². The van der Waals surface area contributed by atoms with E-state index < -0.39 is 0 Å². The number of nitrogens with two attached hydrogens (primary N) is 3. The van der Waals surface area contributed by atoms with Crippen LogP contribution in [-0.2, 0) is 0 Å². The molecule has 16 heavy (non-hydrogen) atoms. The number of aliphatic imine (C=N–C) groups is 2. The number of nitrogens with zero attached hydrogens (tertiary/aromatic N) is 2. The van der Waals surface area contributed by atoms with E-state index in [2.05, 4.69) is 30.8 Å². The highest BCUT2D eigenvalue weighted by molar-refractivity contribution is 5.92. The predicted molar refractivity (Wildman–Crippen MR) is 72.8 cm³/mol. The molecule has 0 aromatic rings. The number of rotatable bonds is 5. The lowest BCUT2D eigenvalue weighted by Crippen LogP contribution is -2.27. The maximum Gasteiger partial charge on any atom is 0.218 e. The summed E-state index contributed by atoms with van der Waals surface area (Å²) in [5.41, 5.74) is 16.0. The molecular formula is C10H24ClN5. The molecule has 0 aromatic carbocycles. The summed E-state index contributed by atoms with van der Waals surface area (Å²) >= 11 is 0. The molecular weight excluding hydrogens is 226 g/mol. The Labute approximate surface area is 104 Å². The van der Waals surface area contributed by atoms with Gasteiger partial charge < -0.3 is 17.2 Å². The first-order valence-electron chi connectivity index (χ1n) is 5.40. The Bertz CT molecular complexity index is 233. The van der Waals surface area contributed by atoms with E-state index in [9.17, 15) is 0 Å². The first kappa shape index (κ1) is 17.4. The molecule has 1 unspecified atom stereocenters. The molecule has 6 heteroatoms. The van der Waals surface area contributed by atoms with E-state index in [1.54, 1.807) is 0 Å². The van der Waals surface area contributed by atoms with Crippen molar-refractivity contribution in [2.75, 3.05) is 0 Å². The van der Waals surface area contributed by atoms with Crippen molar-refractivity contribution in [1.82, 2.24) is 0 Å². The molecule has 0 aliphatic heterocycles. The van der Waals surface area contributed by atoms with Gasteiger partial charge in [-0.05, 0) is 12.3 Å². The fourth-order valence-electron chi connectivity index (χ4n) is 1.29. The summed E-state index contributed by atoms with van der Waals surface area (Å²) in [7, 11) is 0. The van der Waals surface area contributed by atoms with Gasteiger partial charge in [0.2, 0.25) is 5.96 Å². The quantitative estimate of drug-likeness (QED) is 0.504. The maximum absolute atomic E-state index is 5.59. The fourth-order valence-corrected chi connectivity index (χ4v) is 1.29. The van der Waals surface area contributed by atoms with Crippen molar-refractivity contribution in [3.05, 3.63) is 0 Å². The molecule has 0 saturated heterocycles. The number of hydrogen-bond acceptors (Lipinski definition) is 1. The average molecular weight is 250 g/mol. The third kappa shape index (κ3) is 8.35. The van der Waals surface area contributed by atoms with Gasteiger partial charge in [-0.25, -0.2) is 4.99 Å². The van der Waals surface area contributed by atoms with Crippen molar-refractivity contribution in [2.24, 2.45) is 33.1 Å². The van der Waals surface area contributed by atoms with Gasteiger partial charge in [0.05, 0.1) is 6.04 Å². The zero-order chi connectivity index (χ0) is 11.8. The van der Waals surface area contributed by atoms with Gasteiger partial charge in [-0.2, -0.15) is 4.99 Å². The van der Waals surface area contributed by atoms with E-state index >= 15 is 0 Å². The summed E-state index contributed by atoms with van der Waals surface area (Å²) < 4.78 is 0. The van der Waals surface area contributed by atoms with E-state index in [-0.39, 0.29) is 30.4 Å². The van der Waals surface area contributed by atoms with Crippen LogP contribution in [0.3, 0.4) is 0 Å². The molecule has 0 amide bonds. The zero-order valence-corrected chi connectivity index (χ0v) is 11.1. The molecule has 0 fully saturated rings. The summed E-state index contributed by atoms with van der Waals surface area (Å²) in [6.45, 7) is 6.39. The smallest absolute Gasteiger partial charge is 0.218 e. The molecule has 0 bridgehead atoms. The molecule has 0 spiro atoms. The second-order valence-corrected chi connectivity index (χ2v) is 3.98. The van der Waals surface area contributed by atoms with Crippen molar-refractivity contribution in [3.8, 4) is 0 Å². The highest BCUT2D eigenvalue weighted by Gasteiger charge is 2.11. The van der Waals surface area contributed by atoms with E-state index in [0.717, 1.165) is 19.3 Å². The van der Waals surface area contributed by atoms with Gasteiger partial charge in [-0.15, -0.1) is 12.4 Å². The average Bonchev–Trinajstić information content (AvgIpc) is 2.10. The molecule has 5 nitrogen and oxygen atoms in total. The SMILES string of the molecule is CCCCC(N=C(N)N=C(N)N)C(C)C.Cl. The minimum absolute atomic E-state index is 0. The highest BCUT2D eigenvalue weighted by atomic mass is 35.5. The molecule has 0 aliphatic carbocycles. The third-order valence-corrected chi connectivity index (χ3v) is 2.16. The van der Waals surface area contributed by atoms with E-state index in [4.69, 9.17) is 17.2 Å². The third-order valence-electron chi connectivity index (χ3n) is 2.16. The summed E-state index contributed by atoms with van der Waals surface area (Å²) in [6, 6.07) is 0.202. The van der Waals surface area contributed by atoms with Crippen molar-refractivity contribution >= 4 is 24.3 Å². The molecule has 0 aromatic heterocycles. The summed E-state index contributed by atoms with van der Waals surface area (Å²) in [6.07, 6.45) is 3.32. The van der Waals surface area contributed by atoms with Crippen molar-refractivity contribution in [2.45, 2.75) is 46.1 Å². The minimum Gasteiger partial charge on any atom is -0.370 e. The van der Waals surface area contributed by atoms with Crippen LogP contribution in [0.15, 0.2) is 9.98 Å². The fraction of sp³-hybridized carbons (Fsp3) is 0.800. The zero-order valence-electron chi connectivity index (χ0n) is 10.3. The molecule has 0 saturated carbocycles. The normalized spacial score (nSPS) is 13.1. The lowest BCUT2D eigenvalue weighted by Gasteiger charge is -2.15. The van der Waals surface area contributed by atoms with Gasteiger partial charge in [0, 0.05) is 0 Å². The standard InChI is InChI=1S/C10H23N5.ClH/c1-4-5-6-8(7(2)3)14-10(13)15-9(11)12;/h7-8H,4-6H2,1-3H3,(H6,11,12,13,14,15);1H. The van der Waals surface area contributed by atoms with Gasteiger partial charge in [0.25, 0.3) is 0 Å². The highest BCUT2D eigenvalue weighted by Crippen LogP contribution is 2.13. The van der Waals surface area contributed by atoms with E-state index in [1.807, 2.05) is 0 Å². The molecule has 0 heterocycles. The first-order valence-corrected chi connectivity index (χ1v) is 5.40.